The van der Waals surface area contributed by atoms with E-state index >= 15 is 0 Å². The van der Waals surface area contributed by atoms with Gasteiger partial charge in [-0.05, 0) is 24.6 Å². The van der Waals surface area contributed by atoms with Gasteiger partial charge in [-0.3, -0.25) is 4.99 Å². The van der Waals surface area contributed by atoms with E-state index in [2.05, 4.69) is 15.0 Å². The summed E-state index contributed by atoms with van der Waals surface area (Å²) in [6, 6.07) is 5.26. The van der Waals surface area contributed by atoms with Crippen LogP contribution < -0.4 is 14.9 Å². The summed E-state index contributed by atoms with van der Waals surface area (Å²) in [5.41, 5.74) is 1.39. The molecule has 0 saturated heterocycles. The van der Waals surface area contributed by atoms with Crippen molar-refractivity contribution in [3.63, 3.8) is 0 Å². The fraction of sp³-hybridized carbons (Fsp3) is 0.417. The number of guanidine groups is 1. The van der Waals surface area contributed by atoms with Crippen molar-refractivity contribution < 1.29 is 8.42 Å². The summed E-state index contributed by atoms with van der Waals surface area (Å²) < 4.78 is 26.8. The summed E-state index contributed by atoms with van der Waals surface area (Å²) in [6.07, 6.45) is 0.860. The van der Waals surface area contributed by atoms with Crippen LogP contribution in [0, 0.1) is 0 Å². The number of fused-ring (bicyclic) bond motifs is 1. The molecule has 0 aliphatic carbocycles. The molecule has 0 aromatic heterocycles. The first-order chi connectivity index (χ1) is 8.94. The summed E-state index contributed by atoms with van der Waals surface area (Å²) >= 11 is 0. The van der Waals surface area contributed by atoms with E-state index in [0.29, 0.717) is 12.2 Å². The monoisotopic (exact) mass is 282 g/mol. The zero-order valence-corrected chi connectivity index (χ0v) is 12.1. The van der Waals surface area contributed by atoms with E-state index in [-0.39, 0.29) is 10.9 Å². The quantitative estimate of drug-likeness (QED) is 0.874. The number of rotatable bonds is 3. The van der Waals surface area contributed by atoms with Crippen LogP contribution in [0.2, 0.25) is 0 Å². The van der Waals surface area contributed by atoms with Crippen LogP contribution in [-0.4, -0.2) is 35.0 Å². The summed E-state index contributed by atoms with van der Waals surface area (Å²) in [5, 5.41) is 2.99. The lowest BCUT2D eigenvalue weighted by atomic mass is 10.2. The van der Waals surface area contributed by atoms with Crippen LogP contribution in [0.5, 0.6) is 0 Å². The highest BCUT2D eigenvalue weighted by Gasteiger charge is 2.26. The predicted octanol–water partition coefficient (Wildman–Crippen LogP) is 1.22. The molecular formula is C12H18N4O2S. The van der Waals surface area contributed by atoms with Crippen molar-refractivity contribution >= 4 is 27.4 Å². The lowest BCUT2D eigenvalue weighted by molar-refractivity contribution is 0.591. The SMILES string of the molecule is CCCN=C1Nc2ccc(N(C)C)cc2S(=O)(=O)N1. The Balaban J connectivity index is 2.44. The van der Waals surface area contributed by atoms with Crippen molar-refractivity contribution in [1.82, 2.24) is 4.72 Å². The van der Waals surface area contributed by atoms with Crippen LogP contribution in [-0.2, 0) is 10.0 Å². The number of anilines is 2. The molecule has 0 amide bonds. The fourth-order valence-corrected chi connectivity index (χ4v) is 2.91. The van der Waals surface area contributed by atoms with Crippen molar-refractivity contribution in [2.75, 3.05) is 30.9 Å². The topological polar surface area (TPSA) is 73.8 Å². The first-order valence-corrected chi connectivity index (χ1v) is 7.58. The third kappa shape index (κ3) is 2.81. The number of nitrogens with one attached hydrogen (secondary N) is 2. The van der Waals surface area contributed by atoms with Gasteiger partial charge < -0.3 is 10.2 Å². The van der Waals surface area contributed by atoms with E-state index in [1.165, 1.54) is 0 Å². The molecule has 1 aliphatic rings. The first kappa shape index (κ1) is 13.7. The van der Waals surface area contributed by atoms with Crippen LogP contribution in [0.3, 0.4) is 0 Å². The second kappa shape index (κ2) is 5.08. The summed E-state index contributed by atoms with van der Waals surface area (Å²) in [6.45, 7) is 2.56. The highest BCUT2D eigenvalue weighted by atomic mass is 32.2. The van der Waals surface area contributed by atoms with Gasteiger partial charge in [0.2, 0.25) is 5.96 Å². The van der Waals surface area contributed by atoms with Gasteiger partial charge in [-0.15, -0.1) is 0 Å². The van der Waals surface area contributed by atoms with E-state index in [1.807, 2.05) is 32.0 Å². The maximum atomic E-state index is 12.2. The molecule has 6 nitrogen and oxygen atoms in total. The van der Waals surface area contributed by atoms with Gasteiger partial charge in [-0.1, -0.05) is 6.92 Å². The minimum absolute atomic E-state index is 0.245. The summed E-state index contributed by atoms with van der Waals surface area (Å²) in [5.74, 6) is 0.284. The predicted molar refractivity (Wildman–Crippen MR) is 77.3 cm³/mol. The number of sulfonamides is 1. The van der Waals surface area contributed by atoms with E-state index in [9.17, 15) is 8.42 Å². The largest absolute Gasteiger partial charge is 0.378 e. The Morgan fingerprint density at radius 2 is 2.05 bits per heavy atom. The van der Waals surface area contributed by atoms with Crippen molar-refractivity contribution in [3.05, 3.63) is 18.2 Å². The molecule has 2 N–H and O–H groups in total. The third-order valence-corrected chi connectivity index (χ3v) is 4.13. The second-order valence-corrected chi connectivity index (χ2v) is 6.19. The van der Waals surface area contributed by atoms with Gasteiger partial charge in [0, 0.05) is 26.3 Å². The van der Waals surface area contributed by atoms with E-state index in [4.69, 9.17) is 0 Å². The molecule has 2 rings (SSSR count). The maximum absolute atomic E-state index is 12.2. The highest BCUT2D eigenvalue weighted by molar-refractivity contribution is 7.90. The number of benzene rings is 1. The van der Waals surface area contributed by atoms with Crippen molar-refractivity contribution in [1.29, 1.82) is 0 Å². The van der Waals surface area contributed by atoms with Crippen molar-refractivity contribution in [2.45, 2.75) is 18.2 Å². The third-order valence-electron chi connectivity index (χ3n) is 2.75. The lowest BCUT2D eigenvalue weighted by Crippen LogP contribution is -2.41. The maximum Gasteiger partial charge on any atom is 0.266 e. The Bertz CT molecular complexity index is 608. The molecule has 104 valence electrons. The van der Waals surface area contributed by atoms with Gasteiger partial charge in [0.05, 0.1) is 5.69 Å². The van der Waals surface area contributed by atoms with Gasteiger partial charge >= 0.3 is 0 Å². The standard InChI is InChI=1S/C12H18N4O2S/c1-4-7-13-12-14-10-6-5-9(16(2)3)8-11(10)19(17,18)15-12/h5-6,8H,4,7H2,1-3H3,(H2,13,14,15). The van der Waals surface area contributed by atoms with Gasteiger partial charge in [0.15, 0.2) is 0 Å². The van der Waals surface area contributed by atoms with Crippen molar-refractivity contribution in [3.8, 4) is 0 Å². The molecule has 0 atom stereocenters. The zero-order chi connectivity index (χ0) is 14.0. The molecule has 7 heteroatoms. The zero-order valence-electron chi connectivity index (χ0n) is 11.3. The number of nitrogens with zero attached hydrogens (tertiary/aromatic N) is 2. The molecule has 0 bridgehead atoms. The van der Waals surface area contributed by atoms with Crippen LogP contribution in [0.15, 0.2) is 28.1 Å². The molecule has 0 radical (unpaired) electrons. The molecule has 0 spiro atoms. The summed E-state index contributed by atoms with van der Waals surface area (Å²) in [4.78, 5) is 6.26. The Morgan fingerprint density at radius 1 is 1.32 bits per heavy atom. The molecular weight excluding hydrogens is 264 g/mol. The Morgan fingerprint density at radius 3 is 2.68 bits per heavy atom. The van der Waals surface area contributed by atoms with Gasteiger partial charge in [-0.25, -0.2) is 13.1 Å². The average molecular weight is 282 g/mol. The molecule has 1 aromatic rings. The van der Waals surface area contributed by atoms with E-state index in [1.54, 1.807) is 12.1 Å². The minimum atomic E-state index is -3.55. The number of hydrogen-bond acceptors (Lipinski definition) is 4. The van der Waals surface area contributed by atoms with E-state index in [0.717, 1.165) is 12.1 Å². The highest BCUT2D eigenvalue weighted by Crippen LogP contribution is 2.28. The number of hydrogen-bond donors (Lipinski definition) is 2. The normalized spacial score (nSPS) is 18.4. The summed E-state index contributed by atoms with van der Waals surface area (Å²) in [7, 11) is 0.187. The minimum Gasteiger partial charge on any atom is -0.378 e. The Kier molecular flexibility index (Phi) is 3.66. The smallest absolute Gasteiger partial charge is 0.266 e. The Labute approximate surface area is 113 Å². The first-order valence-electron chi connectivity index (χ1n) is 6.09. The van der Waals surface area contributed by atoms with Gasteiger partial charge in [0.1, 0.15) is 4.90 Å². The van der Waals surface area contributed by atoms with E-state index < -0.39 is 10.0 Å². The van der Waals surface area contributed by atoms with Crippen LogP contribution in [0.4, 0.5) is 11.4 Å². The number of aliphatic imine (C=N–C) groups is 1. The van der Waals surface area contributed by atoms with Gasteiger partial charge in [0.25, 0.3) is 10.0 Å². The molecule has 0 unspecified atom stereocenters. The fourth-order valence-electron chi connectivity index (χ4n) is 1.75. The molecule has 0 fully saturated rings. The molecule has 0 saturated carbocycles. The molecule has 1 aliphatic heterocycles. The lowest BCUT2D eigenvalue weighted by Gasteiger charge is -2.23. The average Bonchev–Trinajstić information content (AvgIpc) is 2.35. The van der Waals surface area contributed by atoms with Gasteiger partial charge in [-0.2, -0.15) is 0 Å². The Hall–Kier alpha value is -1.76. The second-order valence-electron chi connectivity index (χ2n) is 4.54. The molecule has 1 aromatic carbocycles. The van der Waals surface area contributed by atoms with Crippen molar-refractivity contribution in [2.24, 2.45) is 4.99 Å². The van der Waals surface area contributed by atoms with Crippen LogP contribution in [0.1, 0.15) is 13.3 Å². The van der Waals surface area contributed by atoms with Crippen LogP contribution >= 0.6 is 0 Å². The van der Waals surface area contributed by atoms with Crippen LogP contribution in [0.25, 0.3) is 0 Å². The molecule has 19 heavy (non-hydrogen) atoms. The molecule has 1 heterocycles.